The van der Waals surface area contributed by atoms with Crippen molar-refractivity contribution in [3.8, 4) is 0 Å². The smallest absolute Gasteiger partial charge is 0.0544 e. The molecule has 0 aliphatic heterocycles. The van der Waals surface area contributed by atoms with Gasteiger partial charge in [-0.1, -0.05) is 61.2 Å². The van der Waals surface area contributed by atoms with E-state index >= 15 is 0 Å². The van der Waals surface area contributed by atoms with Crippen molar-refractivity contribution >= 4 is 33.8 Å². The van der Waals surface area contributed by atoms with E-state index in [0.29, 0.717) is 0 Å². The van der Waals surface area contributed by atoms with Gasteiger partial charge in [0.15, 0.2) is 0 Å². The van der Waals surface area contributed by atoms with Crippen LogP contribution < -0.4 is 10.6 Å². The van der Waals surface area contributed by atoms with Crippen LogP contribution >= 0.6 is 0 Å². The van der Waals surface area contributed by atoms with Crippen LogP contribution in [-0.4, -0.2) is 4.98 Å². The van der Waals surface area contributed by atoms with E-state index in [1.54, 1.807) is 0 Å². The molecule has 1 N–H and O–H groups in total. The quantitative estimate of drug-likeness (QED) is 0.665. The van der Waals surface area contributed by atoms with Crippen molar-refractivity contribution in [1.29, 1.82) is 0 Å². The van der Waals surface area contributed by atoms with Crippen LogP contribution in [0.15, 0.2) is 49.1 Å². The molecule has 3 aromatic rings. The highest BCUT2D eigenvalue weighted by molar-refractivity contribution is 6.05. The third kappa shape index (κ3) is 1.48. The number of hydrogen-bond acceptors (Lipinski definition) is 0. The zero-order valence-corrected chi connectivity index (χ0v) is 10.4. The molecule has 1 aromatic heterocycles. The van der Waals surface area contributed by atoms with Gasteiger partial charge in [-0.25, -0.2) is 0 Å². The van der Waals surface area contributed by atoms with Gasteiger partial charge in [-0.05, 0) is 12.3 Å². The number of allylic oxidation sites excluding steroid dienone is 1. The normalized spacial score (nSPS) is 13.6. The SMILES string of the molecule is C=C/C=c1\c(=C/C)[nH]c2c1ccc1ccccc12. The predicted octanol–water partition coefficient (Wildman–Crippen LogP) is 3.09. The van der Waals surface area contributed by atoms with Crippen molar-refractivity contribution < 1.29 is 0 Å². The van der Waals surface area contributed by atoms with E-state index in [9.17, 15) is 0 Å². The number of nitrogens with one attached hydrogen (secondary N) is 1. The molecule has 3 rings (SSSR count). The van der Waals surface area contributed by atoms with E-state index in [-0.39, 0.29) is 0 Å². The highest BCUT2D eigenvalue weighted by Gasteiger charge is 2.03. The molecule has 0 fully saturated rings. The van der Waals surface area contributed by atoms with Crippen LogP contribution in [0, 0.1) is 0 Å². The summed E-state index contributed by atoms with van der Waals surface area (Å²) >= 11 is 0. The van der Waals surface area contributed by atoms with Gasteiger partial charge in [-0.15, -0.1) is 0 Å². The second kappa shape index (κ2) is 4.19. The maximum atomic E-state index is 3.80. The van der Waals surface area contributed by atoms with Gasteiger partial charge < -0.3 is 4.98 Å². The third-order valence-electron chi connectivity index (χ3n) is 3.34. The van der Waals surface area contributed by atoms with Gasteiger partial charge >= 0.3 is 0 Å². The fourth-order valence-electron chi connectivity index (χ4n) is 2.50. The fourth-order valence-corrected chi connectivity index (χ4v) is 2.50. The van der Waals surface area contributed by atoms with Crippen molar-refractivity contribution in [2.45, 2.75) is 6.92 Å². The number of rotatable bonds is 1. The average molecular weight is 233 g/mol. The van der Waals surface area contributed by atoms with Crippen LogP contribution in [0.4, 0.5) is 0 Å². The first kappa shape index (κ1) is 10.8. The van der Waals surface area contributed by atoms with E-state index in [1.807, 2.05) is 13.0 Å². The van der Waals surface area contributed by atoms with Crippen LogP contribution in [0.1, 0.15) is 6.92 Å². The Bertz CT molecular complexity index is 850. The fraction of sp³-hybridized carbons (Fsp3) is 0.0588. The van der Waals surface area contributed by atoms with Gasteiger partial charge in [0.2, 0.25) is 0 Å². The molecule has 1 nitrogen and oxygen atoms in total. The molecule has 0 saturated carbocycles. The molecule has 0 atom stereocenters. The Morgan fingerprint density at radius 1 is 1.06 bits per heavy atom. The lowest BCUT2D eigenvalue weighted by Crippen LogP contribution is -2.21. The zero-order chi connectivity index (χ0) is 12.5. The lowest BCUT2D eigenvalue weighted by molar-refractivity contribution is 1.36. The van der Waals surface area contributed by atoms with Crippen molar-refractivity contribution in [2.24, 2.45) is 0 Å². The maximum absolute atomic E-state index is 3.80. The number of H-pyrrole nitrogens is 1. The lowest BCUT2D eigenvalue weighted by atomic mass is 10.1. The average Bonchev–Trinajstić information content (AvgIpc) is 2.78. The summed E-state index contributed by atoms with van der Waals surface area (Å²) in [5.74, 6) is 0. The Labute approximate surface area is 106 Å². The summed E-state index contributed by atoms with van der Waals surface area (Å²) in [6.45, 7) is 5.85. The summed E-state index contributed by atoms with van der Waals surface area (Å²) < 4.78 is 0. The Morgan fingerprint density at radius 3 is 2.67 bits per heavy atom. The van der Waals surface area contributed by atoms with Gasteiger partial charge in [0.1, 0.15) is 0 Å². The molecule has 0 aliphatic carbocycles. The molecule has 18 heavy (non-hydrogen) atoms. The van der Waals surface area contributed by atoms with Gasteiger partial charge in [-0.3, -0.25) is 0 Å². The molecular weight excluding hydrogens is 218 g/mol. The second-order valence-corrected chi connectivity index (χ2v) is 4.35. The molecule has 1 heteroatoms. The van der Waals surface area contributed by atoms with Crippen molar-refractivity contribution in [2.75, 3.05) is 0 Å². The summed E-state index contributed by atoms with van der Waals surface area (Å²) in [5, 5.41) is 6.15. The van der Waals surface area contributed by atoms with Crippen LogP contribution in [-0.2, 0) is 0 Å². The van der Waals surface area contributed by atoms with Gasteiger partial charge in [0.25, 0.3) is 0 Å². The first-order chi connectivity index (χ1) is 8.85. The number of aromatic amines is 1. The zero-order valence-electron chi connectivity index (χ0n) is 10.4. The first-order valence-electron chi connectivity index (χ1n) is 6.13. The van der Waals surface area contributed by atoms with Gasteiger partial charge in [-0.2, -0.15) is 0 Å². The molecule has 1 heterocycles. The Hall–Kier alpha value is -2.28. The lowest BCUT2D eigenvalue weighted by Gasteiger charge is -1.98. The van der Waals surface area contributed by atoms with Crippen LogP contribution in [0.5, 0.6) is 0 Å². The first-order valence-corrected chi connectivity index (χ1v) is 6.13. The van der Waals surface area contributed by atoms with E-state index in [2.05, 4.69) is 60.1 Å². The molecular formula is C17H15N. The topological polar surface area (TPSA) is 15.8 Å². The van der Waals surface area contributed by atoms with Gasteiger partial charge in [0.05, 0.1) is 5.52 Å². The minimum atomic E-state index is 1.15. The van der Waals surface area contributed by atoms with Crippen LogP contribution in [0.3, 0.4) is 0 Å². The molecule has 2 aromatic carbocycles. The Kier molecular flexibility index (Phi) is 2.52. The highest BCUT2D eigenvalue weighted by atomic mass is 14.7. The van der Waals surface area contributed by atoms with Gasteiger partial charge in [0, 0.05) is 21.3 Å². The maximum Gasteiger partial charge on any atom is 0.0544 e. The highest BCUT2D eigenvalue weighted by Crippen LogP contribution is 2.20. The minimum absolute atomic E-state index is 1.15. The molecule has 0 spiro atoms. The number of benzene rings is 2. The summed E-state index contributed by atoms with van der Waals surface area (Å²) in [6, 6.07) is 12.8. The second-order valence-electron chi connectivity index (χ2n) is 4.35. The Balaban J connectivity index is 2.63. The van der Waals surface area contributed by atoms with E-state index in [0.717, 1.165) is 5.35 Å². The number of aromatic nitrogens is 1. The summed E-state index contributed by atoms with van der Waals surface area (Å²) in [4.78, 5) is 3.51. The third-order valence-corrected chi connectivity index (χ3v) is 3.34. The molecule has 0 unspecified atom stereocenters. The molecule has 0 saturated heterocycles. The number of fused-ring (bicyclic) bond motifs is 3. The van der Waals surface area contributed by atoms with Crippen LogP contribution in [0.25, 0.3) is 33.8 Å². The number of hydrogen-bond donors (Lipinski definition) is 1. The predicted molar refractivity (Wildman–Crippen MR) is 79.9 cm³/mol. The van der Waals surface area contributed by atoms with E-state index in [1.165, 1.54) is 26.9 Å². The molecule has 0 aliphatic rings. The molecule has 0 bridgehead atoms. The largest absolute Gasteiger partial charge is 0.354 e. The standard InChI is InChI=1S/C17H15N/c1-3-7-14-15-11-10-12-8-5-6-9-13(12)17(15)18-16(14)4-2/h3-11,18H,1H2,2H3/b14-7-,16-4+. The molecule has 0 radical (unpaired) electrons. The summed E-state index contributed by atoms with van der Waals surface area (Å²) in [6.07, 6.45) is 6.00. The summed E-state index contributed by atoms with van der Waals surface area (Å²) in [7, 11) is 0. The Morgan fingerprint density at radius 2 is 1.89 bits per heavy atom. The van der Waals surface area contributed by atoms with E-state index < -0.39 is 0 Å². The minimum Gasteiger partial charge on any atom is -0.354 e. The summed E-state index contributed by atoms with van der Waals surface area (Å²) in [5.41, 5.74) is 1.20. The van der Waals surface area contributed by atoms with E-state index in [4.69, 9.17) is 0 Å². The molecule has 0 amide bonds. The van der Waals surface area contributed by atoms with Crippen molar-refractivity contribution in [1.82, 2.24) is 4.98 Å². The van der Waals surface area contributed by atoms with Crippen molar-refractivity contribution in [3.05, 3.63) is 59.6 Å². The van der Waals surface area contributed by atoms with Crippen LogP contribution in [0.2, 0.25) is 0 Å². The van der Waals surface area contributed by atoms with Crippen molar-refractivity contribution in [3.63, 3.8) is 0 Å². The monoisotopic (exact) mass is 233 g/mol. The molecule has 88 valence electrons.